The Morgan fingerprint density at radius 1 is 1.64 bits per heavy atom. The molecular formula is C8H15N3O3. The first-order chi connectivity index (χ1) is 6.59. The smallest absolute Gasteiger partial charge is 0.321 e. The van der Waals surface area contributed by atoms with Crippen molar-refractivity contribution in [2.75, 3.05) is 13.1 Å². The van der Waals surface area contributed by atoms with E-state index in [0.29, 0.717) is 0 Å². The van der Waals surface area contributed by atoms with Gasteiger partial charge in [-0.2, -0.15) is 0 Å². The third kappa shape index (κ3) is 3.31. The molecule has 0 bridgehead atoms. The van der Waals surface area contributed by atoms with Gasteiger partial charge in [0, 0.05) is 12.6 Å². The standard InChI is InChI=1S/C8H15N3O3/c9-7(12)3-6(8(13)14)11-5-1-2-10-4-5/h5-6,10-11H,1-4H2,(H2,9,12)(H,13,14)/t5?,6-/m0/s1. The first kappa shape index (κ1) is 10.9. The molecule has 0 aromatic carbocycles. The molecule has 0 saturated carbocycles. The predicted molar refractivity (Wildman–Crippen MR) is 49.6 cm³/mol. The molecule has 1 unspecified atom stereocenters. The monoisotopic (exact) mass is 201 g/mol. The van der Waals surface area contributed by atoms with E-state index in [-0.39, 0.29) is 12.5 Å². The number of rotatable bonds is 5. The molecule has 6 nitrogen and oxygen atoms in total. The van der Waals surface area contributed by atoms with Crippen LogP contribution >= 0.6 is 0 Å². The van der Waals surface area contributed by atoms with Gasteiger partial charge in [0.2, 0.25) is 5.91 Å². The van der Waals surface area contributed by atoms with Crippen molar-refractivity contribution >= 4 is 11.9 Å². The normalized spacial score (nSPS) is 23.3. The van der Waals surface area contributed by atoms with Gasteiger partial charge in [-0.25, -0.2) is 0 Å². The Hall–Kier alpha value is -1.14. The number of aliphatic carboxylic acids is 1. The molecule has 5 N–H and O–H groups in total. The lowest BCUT2D eigenvalue weighted by Crippen LogP contribution is -2.46. The maximum atomic E-state index is 10.7. The lowest BCUT2D eigenvalue weighted by atomic mass is 10.1. The highest BCUT2D eigenvalue weighted by Gasteiger charge is 2.24. The van der Waals surface area contributed by atoms with Crippen LogP contribution in [0, 0.1) is 0 Å². The van der Waals surface area contributed by atoms with Crippen LogP contribution in [0.5, 0.6) is 0 Å². The van der Waals surface area contributed by atoms with Gasteiger partial charge in [-0.3, -0.25) is 14.9 Å². The highest BCUT2D eigenvalue weighted by molar-refractivity contribution is 5.83. The second kappa shape index (κ2) is 4.92. The molecule has 1 heterocycles. The van der Waals surface area contributed by atoms with Crippen LogP contribution in [-0.2, 0) is 9.59 Å². The Morgan fingerprint density at radius 3 is 2.79 bits per heavy atom. The van der Waals surface area contributed by atoms with E-state index in [1.165, 1.54) is 0 Å². The molecule has 2 atom stereocenters. The average molecular weight is 201 g/mol. The van der Waals surface area contributed by atoms with Crippen molar-refractivity contribution in [2.45, 2.75) is 24.9 Å². The van der Waals surface area contributed by atoms with E-state index in [1.54, 1.807) is 0 Å². The van der Waals surface area contributed by atoms with Gasteiger partial charge in [-0.05, 0) is 13.0 Å². The van der Waals surface area contributed by atoms with E-state index < -0.39 is 17.9 Å². The quantitative estimate of drug-likeness (QED) is 0.423. The molecule has 80 valence electrons. The van der Waals surface area contributed by atoms with E-state index in [2.05, 4.69) is 10.6 Å². The number of carbonyl (C=O) groups is 2. The van der Waals surface area contributed by atoms with Gasteiger partial charge in [0.25, 0.3) is 0 Å². The van der Waals surface area contributed by atoms with Crippen molar-refractivity contribution in [3.8, 4) is 0 Å². The van der Waals surface area contributed by atoms with E-state index in [4.69, 9.17) is 10.8 Å². The summed E-state index contributed by atoms with van der Waals surface area (Å²) in [7, 11) is 0. The number of nitrogens with two attached hydrogens (primary N) is 1. The van der Waals surface area contributed by atoms with Crippen molar-refractivity contribution in [3.63, 3.8) is 0 Å². The molecular weight excluding hydrogens is 186 g/mol. The first-order valence-electron chi connectivity index (χ1n) is 4.57. The van der Waals surface area contributed by atoms with Crippen LogP contribution in [0.4, 0.5) is 0 Å². The van der Waals surface area contributed by atoms with E-state index in [1.807, 2.05) is 0 Å². The summed E-state index contributed by atoms with van der Waals surface area (Å²) in [5, 5.41) is 14.8. The Bertz CT molecular complexity index is 226. The largest absolute Gasteiger partial charge is 0.480 e. The summed E-state index contributed by atoms with van der Waals surface area (Å²) in [5.74, 6) is -1.63. The molecule has 1 rings (SSSR count). The summed E-state index contributed by atoms with van der Waals surface area (Å²) in [5.41, 5.74) is 4.95. The summed E-state index contributed by atoms with van der Waals surface area (Å²) in [6.07, 6.45) is 0.717. The maximum absolute atomic E-state index is 10.7. The molecule has 0 radical (unpaired) electrons. The molecule has 0 aromatic rings. The fraction of sp³-hybridized carbons (Fsp3) is 0.750. The Morgan fingerprint density at radius 2 is 2.36 bits per heavy atom. The fourth-order valence-electron chi connectivity index (χ4n) is 1.50. The van der Waals surface area contributed by atoms with Crippen LogP contribution in [0.15, 0.2) is 0 Å². The average Bonchev–Trinajstić information content (AvgIpc) is 2.54. The minimum Gasteiger partial charge on any atom is -0.480 e. The number of nitrogens with one attached hydrogen (secondary N) is 2. The minimum absolute atomic E-state index is 0.121. The zero-order valence-corrected chi connectivity index (χ0v) is 7.82. The van der Waals surface area contributed by atoms with E-state index in [0.717, 1.165) is 19.5 Å². The zero-order valence-electron chi connectivity index (χ0n) is 7.82. The molecule has 0 spiro atoms. The van der Waals surface area contributed by atoms with Gasteiger partial charge in [0.05, 0.1) is 6.42 Å². The summed E-state index contributed by atoms with van der Waals surface area (Å²) in [4.78, 5) is 21.3. The SMILES string of the molecule is NC(=O)C[C@H](NC1CCNC1)C(=O)O. The second-order valence-corrected chi connectivity index (χ2v) is 3.42. The Kier molecular flexibility index (Phi) is 3.84. The zero-order chi connectivity index (χ0) is 10.6. The third-order valence-corrected chi connectivity index (χ3v) is 2.20. The van der Waals surface area contributed by atoms with Crippen molar-refractivity contribution in [3.05, 3.63) is 0 Å². The van der Waals surface area contributed by atoms with Gasteiger partial charge in [0.15, 0.2) is 0 Å². The van der Waals surface area contributed by atoms with E-state index in [9.17, 15) is 9.59 Å². The topological polar surface area (TPSA) is 104 Å². The molecule has 1 saturated heterocycles. The molecule has 1 aliphatic heterocycles. The Labute approximate surface area is 81.8 Å². The number of carbonyl (C=O) groups excluding carboxylic acids is 1. The lowest BCUT2D eigenvalue weighted by molar-refractivity contribution is -0.141. The molecule has 0 aromatic heterocycles. The van der Waals surface area contributed by atoms with Crippen LogP contribution in [0.1, 0.15) is 12.8 Å². The predicted octanol–water partition coefficient (Wildman–Crippen LogP) is -1.73. The number of primary amides is 1. The summed E-state index contributed by atoms with van der Waals surface area (Å²) in [6, 6.07) is -0.743. The summed E-state index contributed by atoms with van der Waals surface area (Å²) >= 11 is 0. The number of hydrogen-bond donors (Lipinski definition) is 4. The van der Waals surface area contributed by atoms with E-state index >= 15 is 0 Å². The highest BCUT2D eigenvalue weighted by atomic mass is 16.4. The van der Waals surface area contributed by atoms with Gasteiger partial charge in [-0.15, -0.1) is 0 Å². The Balaban J connectivity index is 2.41. The van der Waals surface area contributed by atoms with Crippen molar-refractivity contribution in [1.29, 1.82) is 0 Å². The van der Waals surface area contributed by atoms with Crippen LogP contribution in [0.25, 0.3) is 0 Å². The number of amides is 1. The highest BCUT2D eigenvalue weighted by Crippen LogP contribution is 2.01. The molecule has 6 heteroatoms. The molecule has 1 fully saturated rings. The van der Waals surface area contributed by atoms with Gasteiger partial charge in [0.1, 0.15) is 6.04 Å². The van der Waals surface area contributed by atoms with Crippen LogP contribution in [0.3, 0.4) is 0 Å². The molecule has 0 aliphatic carbocycles. The summed E-state index contributed by atoms with van der Waals surface area (Å²) in [6.45, 7) is 1.61. The van der Waals surface area contributed by atoms with Gasteiger partial charge in [-0.1, -0.05) is 0 Å². The third-order valence-electron chi connectivity index (χ3n) is 2.20. The summed E-state index contributed by atoms with van der Waals surface area (Å²) < 4.78 is 0. The molecule has 14 heavy (non-hydrogen) atoms. The minimum atomic E-state index is -1.03. The van der Waals surface area contributed by atoms with Crippen LogP contribution < -0.4 is 16.4 Å². The van der Waals surface area contributed by atoms with Crippen molar-refractivity contribution in [1.82, 2.24) is 10.6 Å². The van der Waals surface area contributed by atoms with Gasteiger partial charge < -0.3 is 16.2 Å². The maximum Gasteiger partial charge on any atom is 0.321 e. The van der Waals surface area contributed by atoms with Crippen molar-refractivity contribution in [2.24, 2.45) is 5.73 Å². The van der Waals surface area contributed by atoms with Crippen LogP contribution in [0.2, 0.25) is 0 Å². The van der Waals surface area contributed by atoms with Gasteiger partial charge >= 0.3 is 5.97 Å². The fourth-order valence-corrected chi connectivity index (χ4v) is 1.50. The molecule has 1 amide bonds. The van der Waals surface area contributed by atoms with Crippen LogP contribution in [-0.4, -0.2) is 42.2 Å². The second-order valence-electron chi connectivity index (χ2n) is 3.42. The number of hydrogen-bond acceptors (Lipinski definition) is 4. The van der Waals surface area contributed by atoms with Crippen molar-refractivity contribution < 1.29 is 14.7 Å². The first-order valence-corrected chi connectivity index (χ1v) is 4.57. The number of carboxylic acid groups (broad SMARTS) is 1. The number of carboxylic acids is 1. The molecule has 1 aliphatic rings. The lowest BCUT2D eigenvalue weighted by Gasteiger charge is -2.17.